The molecule has 0 unspecified atom stereocenters. The van der Waals surface area contributed by atoms with E-state index >= 15 is 0 Å². The molecule has 2 atom stereocenters. The Hall–Kier alpha value is -1.32. The summed E-state index contributed by atoms with van der Waals surface area (Å²) in [5.74, 6) is -0.463. The van der Waals surface area contributed by atoms with E-state index in [1.165, 1.54) is 7.11 Å². The van der Waals surface area contributed by atoms with Crippen LogP contribution >= 0.6 is 0 Å². The van der Waals surface area contributed by atoms with Gasteiger partial charge in [-0.3, -0.25) is 9.59 Å². The Balaban J connectivity index is 2.90. The van der Waals surface area contributed by atoms with Crippen LogP contribution in [0.15, 0.2) is 11.8 Å². The molecule has 4 heteroatoms. The first-order chi connectivity index (χ1) is 7.36. The van der Waals surface area contributed by atoms with E-state index in [4.69, 9.17) is 4.74 Å². The first kappa shape index (κ1) is 12.7. The maximum absolute atomic E-state index is 11.5. The van der Waals surface area contributed by atoms with E-state index in [0.717, 1.165) is 6.29 Å². The molecule has 0 aliphatic heterocycles. The lowest BCUT2D eigenvalue weighted by Crippen LogP contribution is -2.09. The molecule has 4 nitrogen and oxygen atoms in total. The molecule has 1 aliphatic rings. The van der Waals surface area contributed by atoms with Crippen LogP contribution < -0.4 is 0 Å². The van der Waals surface area contributed by atoms with Gasteiger partial charge in [0, 0.05) is 31.8 Å². The van der Waals surface area contributed by atoms with Crippen LogP contribution in [-0.2, 0) is 14.3 Å². The average molecular weight is 225 g/mol. The highest BCUT2D eigenvalue weighted by atomic mass is 16.5. The van der Waals surface area contributed by atoms with Crippen molar-refractivity contribution in [1.29, 1.82) is 0 Å². The lowest BCUT2D eigenvalue weighted by molar-refractivity contribution is -0.143. The van der Waals surface area contributed by atoms with Crippen molar-refractivity contribution in [3.8, 4) is 0 Å². The number of carbonyl (C=O) groups excluding carboxylic acids is 2. The number of hydrogen-bond acceptors (Lipinski definition) is 4. The highest BCUT2D eigenvalue weighted by Crippen LogP contribution is 2.61. The minimum atomic E-state index is -0.235. The van der Waals surface area contributed by atoms with Crippen molar-refractivity contribution in [2.45, 2.75) is 13.8 Å². The van der Waals surface area contributed by atoms with Crippen molar-refractivity contribution >= 4 is 12.3 Å². The molecule has 0 N–H and O–H groups in total. The van der Waals surface area contributed by atoms with Crippen LogP contribution in [-0.4, -0.2) is 38.4 Å². The summed E-state index contributed by atoms with van der Waals surface area (Å²) < 4.78 is 4.74. The Morgan fingerprint density at radius 3 is 2.25 bits per heavy atom. The molecule has 0 spiro atoms. The molecule has 0 saturated heterocycles. The van der Waals surface area contributed by atoms with Crippen LogP contribution in [0.1, 0.15) is 13.8 Å². The Labute approximate surface area is 96.3 Å². The van der Waals surface area contributed by atoms with Crippen LogP contribution in [0.25, 0.3) is 0 Å². The zero-order valence-corrected chi connectivity index (χ0v) is 10.5. The summed E-state index contributed by atoms with van der Waals surface area (Å²) in [6, 6.07) is 0. The summed E-state index contributed by atoms with van der Waals surface area (Å²) in [5.41, 5.74) is 0.473. The second-order valence-electron chi connectivity index (χ2n) is 5.01. The van der Waals surface area contributed by atoms with Gasteiger partial charge in [0.05, 0.1) is 13.0 Å². The lowest BCUT2D eigenvalue weighted by Gasteiger charge is -2.08. The minimum Gasteiger partial charge on any atom is -0.469 e. The summed E-state index contributed by atoms with van der Waals surface area (Å²) in [5, 5.41) is 0. The van der Waals surface area contributed by atoms with E-state index < -0.39 is 0 Å². The zero-order valence-electron chi connectivity index (χ0n) is 10.5. The number of nitrogens with zero attached hydrogens (tertiary/aromatic N) is 1. The van der Waals surface area contributed by atoms with E-state index in [9.17, 15) is 9.59 Å². The molecule has 0 aromatic carbocycles. The molecule has 0 radical (unpaired) electrons. The number of esters is 1. The quantitative estimate of drug-likeness (QED) is 0.408. The second kappa shape index (κ2) is 4.28. The van der Waals surface area contributed by atoms with Gasteiger partial charge in [-0.15, -0.1) is 0 Å². The van der Waals surface area contributed by atoms with Gasteiger partial charge in [-0.05, 0) is 5.41 Å². The van der Waals surface area contributed by atoms with Gasteiger partial charge in [0.1, 0.15) is 6.29 Å². The summed E-state index contributed by atoms with van der Waals surface area (Å²) >= 11 is 0. The smallest absolute Gasteiger partial charge is 0.309 e. The Kier molecular flexibility index (Phi) is 3.41. The molecule has 1 rings (SSSR count). The van der Waals surface area contributed by atoms with Gasteiger partial charge in [-0.25, -0.2) is 0 Å². The van der Waals surface area contributed by atoms with Gasteiger partial charge in [0.2, 0.25) is 0 Å². The largest absolute Gasteiger partial charge is 0.469 e. The van der Waals surface area contributed by atoms with Gasteiger partial charge < -0.3 is 9.64 Å². The number of carbonyl (C=O) groups is 2. The minimum absolute atomic E-state index is 0.0279. The third-order valence-electron chi connectivity index (χ3n) is 3.18. The fourth-order valence-electron chi connectivity index (χ4n) is 2.31. The molecular weight excluding hydrogens is 206 g/mol. The van der Waals surface area contributed by atoms with E-state index in [1.807, 2.05) is 32.8 Å². The lowest BCUT2D eigenvalue weighted by atomic mass is 10.0. The van der Waals surface area contributed by atoms with Crippen molar-refractivity contribution in [2.75, 3.05) is 21.2 Å². The number of rotatable bonds is 4. The Bertz CT molecular complexity index is 331. The number of methoxy groups -OCH3 is 1. The summed E-state index contributed by atoms with van der Waals surface area (Å²) in [4.78, 5) is 24.4. The van der Waals surface area contributed by atoms with E-state index in [0.29, 0.717) is 5.57 Å². The van der Waals surface area contributed by atoms with Crippen LogP contribution in [0.3, 0.4) is 0 Å². The van der Waals surface area contributed by atoms with Crippen molar-refractivity contribution in [3.05, 3.63) is 11.8 Å². The van der Waals surface area contributed by atoms with Gasteiger partial charge in [-0.1, -0.05) is 13.8 Å². The van der Waals surface area contributed by atoms with Crippen molar-refractivity contribution in [2.24, 2.45) is 17.3 Å². The number of aldehydes is 1. The molecule has 1 aliphatic carbocycles. The number of hydrogen-bond donors (Lipinski definition) is 0. The summed E-state index contributed by atoms with van der Waals surface area (Å²) in [6.45, 7) is 3.96. The first-order valence-corrected chi connectivity index (χ1v) is 5.27. The fourth-order valence-corrected chi connectivity index (χ4v) is 2.31. The predicted octanol–water partition coefficient (Wildman–Crippen LogP) is 1.08. The maximum Gasteiger partial charge on any atom is 0.309 e. The molecule has 0 bridgehead atoms. The van der Waals surface area contributed by atoms with Gasteiger partial charge >= 0.3 is 5.97 Å². The van der Waals surface area contributed by atoms with Crippen molar-refractivity contribution in [1.82, 2.24) is 4.90 Å². The van der Waals surface area contributed by atoms with Gasteiger partial charge in [0.15, 0.2) is 0 Å². The molecule has 0 heterocycles. The molecule has 1 saturated carbocycles. The summed E-state index contributed by atoms with van der Waals surface area (Å²) in [6.07, 6.45) is 2.59. The number of ether oxygens (including phenoxy) is 1. The standard InChI is InChI=1S/C12H19NO3/c1-12(2)9(10(12)11(15)16-5)8(7-14)6-13(3)4/h6-7,9-10H,1-5H3/b8-6-/t9-,10-/m0/s1. The SMILES string of the molecule is COC(=O)[C@@H]1[C@H](/C(C=O)=C\N(C)C)C1(C)C. The average Bonchev–Trinajstić information content (AvgIpc) is 2.76. The van der Waals surface area contributed by atoms with Crippen molar-refractivity contribution < 1.29 is 14.3 Å². The third-order valence-corrected chi connectivity index (χ3v) is 3.18. The van der Waals surface area contributed by atoms with Gasteiger partial charge in [0.25, 0.3) is 0 Å². The molecular formula is C12H19NO3. The fraction of sp³-hybridized carbons (Fsp3) is 0.667. The van der Waals surface area contributed by atoms with Crippen LogP contribution in [0.2, 0.25) is 0 Å². The van der Waals surface area contributed by atoms with Crippen LogP contribution in [0.4, 0.5) is 0 Å². The predicted molar refractivity (Wildman–Crippen MR) is 60.6 cm³/mol. The topological polar surface area (TPSA) is 46.6 Å². The molecule has 90 valence electrons. The van der Waals surface area contributed by atoms with Gasteiger partial charge in [-0.2, -0.15) is 0 Å². The monoisotopic (exact) mass is 225 g/mol. The normalized spacial score (nSPS) is 27.2. The van der Waals surface area contributed by atoms with Crippen LogP contribution in [0.5, 0.6) is 0 Å². The molecule has 16 heavy (non-hydrogen) atoms. The summed E-state index contributed by atoms with van der Waals surface area (Å²) in [7, 11) is 5.09. The zero-order chi connectivity index (χ0) is 12.5. The molecule has 0 amide bonds. The third kappa shape index (κ3) is 2.10. The van der Waals surface area contributed by atoms with E-state index in [1.54, 1.807) is 6.20 Å². The van der Waals surface area contributed by atoms with E-state index in [2.05, 4.69) is 0 Å². The number of allylic oxidation sites excluding steroid dienone is 1. The molecule has 1 fully saturated rings. The second-order valence-corrected chi connectivity index (χ2v) is 5.01. The van der Waals surface area contributed by atoms with Crippen molar-refractivity contribution in [3.63, 3.8) is 0 Å². The molecule has 0 aromatic heterocycles. The maximum atomic E-state index is 11.5. The molecule has 0 aromatic rings. The highest BCUT2D eigenvalue weighted by molar-refractivity contribution is 5.84. The highest BCUT2D eigenvalue weighted by Gasteiger charge is 2.63. The Morgan fingerprint density at radius 1 is 1.31 bits per heavy atom. The Morgan fingerprint density at radius 2 is 1.88 bits per heavy atom. The van der Waals surface area contributed by atoms with Crippen LogP contribution in [0, 0.1) is 17.3 Å². The first-order valence-electron chi connectivity index (χ1n) is 5.27. The van der Waals surface area contributed by atoms with E-state index in [-0.39, 0.29) is 23.2 Å².